The molecule has 536 valence electrons. The molecule has 0 saturated carbocycles. The largest absolute Gasteiger partial charge is 0.472 e. The first-order valence-electron chi connectivity index (χ1n) is 38.2. The number of phosphoric ester groups is 1. The molecule has 94 heavy (non-hydrogen) atoms. The summed E-state index contributed by atoms with van der Waals surface area (Å²) in [5, 5.41) is 0. The van der Waals surface area contributed by atoms with Crippen LogP contribution in [0.1, 0.15) is 309 Å². The van der Waals surface area contributed by atoms with Crippen LogP contribution in [0.25, 0.3) is 0 Å². The van der Waals surface area contributed by atoms with Crippen LogP contribution >= 0.6 is 7.82 Å². The van der Waals surface area contributed by atoms with Gasteiger partial charge in [-0.05, 0) is 122 Å². The minimum Gasteiger partial charge on any atom is -0.462 e. The zero-order valence-electron chi connectivity index (χ0n) is 61.1. The van der Waals surface area contributed by atoms with E-state index in [2.05, 4.69) is 172 Å². The topological polar surface area (TPSA) is 108 Å². The van der Waals surface area contributed by atoms with E-state index < -0.39 is 26.5 Å². The van der Waals surface area contributed by atoms with Gasteiger partial charge in [-0.25, -0.2) is 4.57 Å². The minimum atomic E-state index is -4.41. The minimum absolute atomic E-state index is 0.0202. The molecular formula is C84H143NO8P+. The predicted molar refractivity (Wildman–Crippen MR) is 408 cm³/mol. The zero-order chi connectivity index (χ0) is 68.3. The Morgan fingerprint density at radius 2 is 0.574 bits per heavy atom. The van der Waals surface area contributed by atoms with Crippen LogP contribution in [-0.4, -0.2) is 74.9 Å². The number of unbranched alkanes of at least 4 members (excludes halogenated alkanes) is 29. The molecule has 2 unspecified atom stereocenters. The molecule has 0 radical (unpaired) electrons. The number of ether oxygens (including phenoxy) is 2. The summed E-state index contributed by atoms with van der Waals surface area (Å²) in [6.07, 6.45) is 110. The summed E-state index contributed by atoms with van der Waals surface area (Å²) in [5.74, 6) is -0.825. The summed E-state index contributed by atoms with van der Waals surface area (Å²) in [7, 11) is 1.45. The molecule has 10 heteroatoms. The molecule has 0 fully saturated rings. The first-order valence-corrected chi connectivity index (χ1v) is 39.7. The fourth-order valence-corrected chi connectivity index (χ4v) is 11.0. The van der Waals surface area contributed by atoms with Gasteiger partial charge in [0, 0.05) is 12.8 Å². The molecule has 0 heterocycles. The fraction of sp³-hybridized carbons (Fsp3) is 0.667. The molecule has 0 bridgehead atoms. The van der Waals surface area contributed by atoms with Crippen molar-refractivity contribution in [2.75, 3.05) is 47.5 Å². The number of allylic oxidation sites excluding steroid dienone is 26. The third kappa shape index (κ3) is 76.6. The van der Waals surface area contributed by atoms with Gasteiger partial charge in [-0.15, -0.1) is 0 Å². The number of quaternary nitrogens is 1. The van der Waals surface area contributed by atoms with E-state index in [1.807, 2.05) is 21.1 Å². The van der Waals surface area contributed by atoms with E-state index in [1.165, 1.54) is 148 Å². The van der Waals surface area contributed by atoms with Crippen molar-refractivity contribution < 1.29 is 42.1 Å². The summed E-state index contributed by atoms with van der Waals surface area (Å²) >= 11 is 0. The summed E-state index contributed by atoms with van der Waals surface area (Å²) in [4.78, 5) is 35.9. The standard InChI is InChI=1S/C84H142NO8P/c1-6-8-10-12-14-16-18-20-22-24-26-28-30-32-34-36-37-38-39-40-41-42-43-44-45-46-47-49-50-52-54-56-58-60-62-64-66-68-70-72-74-76-83(86)90-80-82(81-92-94(88,89)91-79-78-85(3,4)5)93-84(87)77-75-73-71-69-67-65-63-61-59-57-55-53-51-48-35-33-31-29-27-25-23-21-19-17-15-13-11-9-7-2/h8-11,14-17,20-23,26-29,32-35,51,53,57,59,63,65,82H,6-7,12-13,18-19,24-25,30-31,36-50,52,54-56,58,60-62,64,66-81H2,1-5H3/p+1/b10-8-,11-9-,16-14-,17-15-,22-20-,23-21-,28-26-,29-27-,34-32-,35-33-,53-51-,59-57-,65-63-. The van der Waals surface area contributed by atoms with Crippen LogP contribution in [0.4, 0.5) is 0 Å². The molecule has 0 aliphatic carbocycles. The van der Waals surface area contributed by atoms with E-state index in [0.717, 1.165) is 128 Å². The highest BCUT2D eigenvalue weighted by Crippen LogP contribution is 2.43. The van der Waals surface area contributed by atoms with E-state index in [1.54, 1.807) is 0 Å². The van der Waals surface area contributed by atoms with Crippen molar-refractivity contribution in [3.8, 4) is 0 Å². The number of carbonyl (C=O) groups is 2. The van der Waals surface area contributed by atoms with Crippen LogP contribution in [0.5, 0.6) is 0 Å². The lowest BCUT2D eigenvalue weighted by atomic mass is 10.0. The second-order valence-corrected chi connectivity index (χ2v) is 27.7. The second kappa shape index (κ2) is 72.9. The van der Waals surface area contributed by atoms with E-state index in [0.29, 0.717) is 17.4 Å². The average molecular weight is 1330 g/mol. The highest BCUT2D eigenvalue weighted by Gasteiger charge is 2.27. The second-order valence-electron chi connectivity index (χ2n) is 26.3. The number of carbonyl (C=O) groups excluding carboxylic acids is 2. The monoisotopic (exact) mass is 1330 g/mol. The Balaban J connectivity index is 4.01. The molecule has 0 amide bonds. The van der Waals surface area contributed by atoms with Crippen LogP contribution in [0.3, 0.4) is 0 Å². The maximum Gasteiger partial charge on any atom is 0.472 e. The third-order valence-electron chi connectivity index (χ3n) is 16.1. The fourth-order valence-electron chi connectivity index (χ4n) is 10.3. The number of esters is 2. The van der Waals surface area contributed by atoms with Gasteiger partial charge < -0.3 is 18.9 Å². The third-order valence-corrected chi connectivity index (χ3v) is 17.0. The summed E-state index contributed by atoms with van der Waals surface area (Å²) in [5.41, 5.74) is 0. The smallest absolute Gasteiger partial charge is 0.462 e. The van der Waals surface area contributed by atoms with Gasteiger partial charge in [0.1, 0.15) is 19.8 Å². The van der Waals surface area contributed by atoms with Crippen molar-refractivity contribution in [2.45, 2.75) is 315 Å². The Morgan fingerprint density at radius 1 is 0.330 bits per heavy atom. The molecule has 2 atom stereocenters. The quantitative estimate of drug-likeness (QED) is 0.0211. The molecule has 1 N–H and O–H groups in total. The van der Waals surface area contributed by atoms with Crippen LogP contribution < -0.4 is 0 Å². The Morgan fingerprint density at radius 3 is 0.851 bits per heavy atom. The normalized spacial score (nSPS) is 14.0. The molecule has 0 aliphatic rings. The van der Waals surface area contributed by atoms with Crippen molar-refractivity contribution in [1.29, 1.82) is 0 Å². The van der Waals surface area contributed by atoms with E-state index in [4.69, 9.17) is 18.5 Å². The number of likely N-dealkylation sites (N-methyl/N-ethyl adjacent to an activating group) is 1. The SMILES string of the molecule is CC/C=C\C/C=C\C/C=C\C/C=C\C/C=C\C/C=C\C/C=C\C/C=C\CCCCCCC(=O)OC(COC(=O)CCCCCCCCCCCCCCCCCCCCCCCCCCC/C=C\C/C=C\C/C=C\C/C=C\C/C=C\CC)COP(=O)(O)OCC[N+](C)(C)C. The maximum absolute atomic E-state index is 12.9. The molecule has 0 aromatic rings. The predicted octanol–water partition coefficient (Wildman–Crippen LogP) is 25.5. The molecule has 0 spiro atoms. The molecule has 0 aliphatic heterocycles. The lowest BCUT2D eigenvalue weighted by Crippen LogP contribution is -2.37. The van der Waals surface area contributed by atoms with E-state index in [-0.39, 0.29) is 32.0 Å². The number of phosphoric acid groups is 1. The van der Waals surface area contributed by atoms with Crippen molar-refractivity contribution in [2.24, 2.45) is 0 Å². The van der Waals surface area contributed by atoms with Crippen LogP contribution in [0, 0.1) is 0 Å². The van der Waals surface area contributed by atoms with Gasteiger partial charge in [0.25, 0.3) is 0 Å². The van der Waals surface area contributed by atoms with Crippen LogP contribution in [-0.2, 0) is 32.7 Å². The summed E-state index contributed by atoms with van der Waals surface area (Å²) < 4.78 is 34.7. The van der Waals surface area contributed by atoms with Crippen molar-refractivity contribution in [3.63, 3.8) is 0 Å². The van der Waals surface area contributed by atoms with Gasteiger partial charge >= 0.3 is 19.8 Å². The molecule has 0 saturated heterocycles. The first-order chi connectivity index (χ1) is 46.0. The van der Waals surface area contributed by atoms with Crippen LogP contribution in [0.15, 0.2) is 158 Å². The van der Waals surface area contributed by atoms with Gasteiger partial charge in [0.15, 0.2) is 6.10 Å². The maximum atomic E-state index is 12.9. The van der Waals surface area contributed by atoms with E-state index >= 15 is 0 Å². The number of rotatable bonds is 69. The molecular weight excluding hydrogens is 1180 g/mol. The van der Waals surface area contributed by atoms with Crippen LogP contribution in [0.2, 0.25) is 0 Å². The highest BCUT2D eigenvalue weighted by molar-refractivity contribution is 7.47. The first kappa shape index (κ1) is 89.6. The average Bonchev–Trinajstić information content (AvgIpc) is 1.65. The lowest BCUT2D eigenvalue weighted by Gasteiger charge is -2.24. The van der Waals surface area contributed by atoms with Gasteiger partial charge in [0.2, 0.25) is 0 Å². The van der Waals surface area contributed by atoms with Gasteiger partial charge in [-0.1, -0.05) is 332 Å². The van der Waals surface area contributed by atoms with E-state index in [9.17, 15) is 19.0 Å². The Bertz CT molecular complexity index is 2150. The molecule has 0 rings (SSSR count). The molecule has 0 aromatic carbocycles. The van der Waals surface area contributed by atoms with Crippen molar-refractivity contribution in [3.05, 3.63) is 158 Å². The van der Waals surface area contributed by atoms with Gasteiger partial charge in [-0.2, -0.15) is 0 Å². The Hall–Kier alpha value is -4.37. The lowest BCUT2D eigenvalue weighted by molar-refractivity contribution is -0.870. The highest BCUT2D eigenvalue weighted by atomic mass is 31.2. The summed E-state index contributed by atoms with van der Waals surface area (Å²) in [6.45, 7) is 4.19. The Labute approximate surface area is 579 Å². The number of hydrogen-bond donors (Lipinski definition) is 1. The molecule has 0 aromatic heterocycles. The zero-order valence-corrected chi connectivity index (χ0v) is 62.0. The summed E-state index contributed by atoms with van der Waals surface area (Å²) in [6, 6.07) is 0. The molecule has 9 nitrogen and oxygen atoms in total. The van der Waals surface area contributed by atoms with Crippen molar-refractivity contribution >= 4 is 19.8 Å². The number of nitrogens with zero attached hydrogens (tertiary/aromatic N) is 1. The van der Waals surface area contributed by atoms with Crippen molar-refractivity contribution in [1.82, 2.24) is 0 Å². The van der Waals surface area contributed by atoms with Gasteiger partial charge in [-0.3, -0.25) is 18.6 Å². The van der Waals surface area contributed by atoms with Gasteiger partial charge in [0.05, 0.1) is 27.7 Å². The Kier molecular flexibility index (Phi) is 69.5. The number of hydrogen-bond acceptors (Lipinski definition) is 7.